The van der Waals surface area contributed by atoms with Crippen LogP contribution in [0, 0.1) is 6.92 Å². The van der Waals surface area contributed by atoms with Gasteiger partial charge < -0.3 is 9.64 Å². The molecule has 0 spiro atoms. The molecule has 6 nitrogen and oxygen atoms in total. The fourth-order valence-electron chi connectivity index (χ4n) is 2.06. The first-order valence-corrected chi connectivity index (χ1v) is 7.41. The van der Waals surface area contributed by atoms with Crippen molar-refractivity contribution >= 4 is 17.4 Å². The number of carbonyl (C=O) groups is 1. The number of likely N-dealkylation sites (tertiary alicyclic amines) is 1. The van der Waals surface area contributed by atoms with Crippen molar-refractivity contribution in [2.45, 2.75) is 19.2 Å². The Morgan fingerprint density at radius 1 is 1.39 bits per heavy atom. The van der Waals surface area contributed by atoms with E-state index in [2.05, 4.69) is 14.6 Å². The van der Waals surface area contributed by atoms with E-state index in [9.17, 15) is 18.0 Å². The van der Waals surface area contributed by atoms with Gasteiger partial charge in [-0.05, 0) is 24.5 Å². The van der Waals surface area contributed by atoms with Gasteiger partial charge in [-0.3, -0.25) is 4.79 Å². The van der Waals surface area contributed by atoms with Gasteiger partial charge in [0.15, 0.2) is 0 Å². The third kappa shape index (κ3) is 3.26. The SMILES string of the molecule is Cc1nnsc1C(=O)N1CC(Oc2cccc(C(F)(F)F)n2)C1. The first-order valence-electron chi connectivity index (χ1n) is 6.63. The van der Waals surface area contributed by atoms with Crippen molar-refractivity contribution in [2.75, 3.05) is 13.1 Å². The van der Waals surface area contributed by atoms with Crippen LogP contribution in [0.3, 0.4) is 0 Å². The summed E-state index contributed by atoms with van der Waals surface area (Å²) in [5.41, 5.74) is -0.447. The Bertz CT molecular complexity index is 728. The van der Waals surface area contributed by atoms with Crippen LogP contribution in [0.2, 0.25) is 0 Å². The number of aryl methyl sites for hydroxylation is 1. The zero-order valence-corrected chi connectivity index (χ0v) is 12.7. The predicted molar refractivity (Wildman–Crippen MR) is 74.2 cm³/mol. The third-order valence-electron chi connectivity index (χ3n) is 3.28. The van der Waals surface area contributed by atoms with Crippen LogP contribution in [-0.4, -0.2) is 44.6 Å². The Kier molecular flexibility index (Phi) is 3.92. The summed E-state index contributed by atoms with van der Waals surface area (Å²) in [6.45, 7) is 2.26. The fraction of sp³-hybridized carbons (Fsp3) is 0.385. The van der Waals surface area contributed by atoms with Gasteiger partial charge >= 0.3 is 6.18 Å². The van der Waals surface area contributed by atoms with Gasteiger partial charge in [-0.15, -0.1) is 5.10 Å². The van der Waals surface area contributed by atoms with E-state index in [0.29, 0.717) is 10.6 Å². The number of aromatic nitrogens is 3. The summed E-state index contributed by atoms with van der Waals surface area (Å²) in [7, 11) is 0. The van der Waals surface area contributed by atoms with E-state index in [1.165, 1.54) is 17.0 Å². The van der Waals surface area contributed by atoms with Crippen LogP contribution >= 0.6 is 11.5 Å². The van der Waals surface area contributed by atoms with E-state index in [1.54, 1.807) is 6.92 Å². The van der Waals surface area contributed by atoms with Gasteiger partial charge in [0.1, 0.15) is 16.7 Å². The molecule has 0 N–H and O–H groups in total. The van der Waals surface area contributed by atoms with E-state index in [4.69, 9.17) is 4.74 Å². The highest BCUT2D eigenvalue weighted by atomic mass is 32.1. The van der Waals surface area contributed by atoms with E-state index >= 15 is 0 Å². The van der Waals surface area contributed by atoms with Crippen LogP contribution in [0.5, 0.6) is 5.88 Å². The lowest BCUT2D eigenvalue weighted by molar-refractivity contribution is -0.141. The molecule has 10 heteroatoms. The number of hydrogen-bond acceptors (Lipinski definition) is 6. The summed E-state index contributed by atoms with van der Waals surface area (Å²) in [4.78, 5) is 17.5. The molecule has 0 aromatic carbocycles. The fourth-order valence-corrected chi connectivity index (χ4v) is 2.68. The van der Waals surface area contributed by atoms with Gasteiger partial charge in [0, 0.05) is 6.07 Å². The Labute approximate surface area is 133 Å². The topological polar surface area (TPSA) is 68.2 Å². The molecule has 0 aliphatic carbocycles. The third-order valence-corrected chi connectivity index (χ3v) is 4.10. The van der Waals surface area contributed by atoms with Crippen LogP contribution in [0.1, 0.15) is 21.1 Å². The van der Waals surface area contributed by atoms with Crippen LogP contribution in [0.25, 0.3) is 0 Å². The van der Waals surface area contributed by atoms with Crippen LogP contribution in [0.15, 0.2) is 18.2 Å². The molecular formula is C13H11F3N4O2S. The molecule has 0 bridgehead atoms. The summed E-state index contributed by atoms with van der Waals surface area (Å²) in [5.74, 6) is -0.304. The Balaban J connectivity index is 1.59. The van der Waals surface area contributed by atoms with Crippen molar-refractivity contribution < 1.29 is 22.7 Å². The van der Waals surface area contributed by atoms with Crippen LogP contribution in [-0.2, 0) is 6.18 Å². The average Bonchev–Trinajstić information content (AvgIpc) is 2.87. The second-order valence-electron chi connectivity index (χ2n) is 5.00. The maximum atomic E-state index is 12.6. The highest BCUT2D eigenvalue weighted by Crippen LogP contribution is 2.29. The van der Waals surface area contributed by atoms with E-state index < -0.39 is 11.9 Å². The number of halogens is 3. The highest BCUT2D eigenvalue weighted by molar-refractivity contribution is 7.07. The van der Waals surface area contributed by atoms with Crippen molar-refractivity contribution in [2.24, 2.45) is 0 Å². The van der Waals surface area contributed by atoms with E-state index in [0.717, 1.165) is 17.6 Å². The molecular weight excluding hydrogens is 333 g/mol. The molecule has 0 atom stereocenters. The normalized spacial score (nSPS) is 15.4. The number of hydrogen-bond donors (Lipinski definition) is 0. The maximum Gasteiger partial charge on any atom is 0.433 e. The van der Waals surface area contributed by atoms with Crippen molar-refractivity contribution in [1.82, 2.24) is 19.5 Å². The van der Waals surface area contributed by atoms with E-state index in [1.807, 2.05) is 0 Å². The maximum absolute atomic E-state index is 12.6. The van der Waals surface area contributed by atoms with Crippen molar-refractivity contribution in [3.05, 3.63) is 34.5 Å². The smallest absolute Gasteiger partial charge is 0.433 e. The molecule has 1 fully saturated rings. The number of carbonyl (C=O) groups excluding carboxylic acids is 1. The van der Waals surface area contributed by atoms with Gasteiger partial charge in [0.05, 0.1) is 18.8 Å². The van der Waals surface area contributed by atoms with Gasteiger partial charge in [-0.1, -0.05) is 10.6 Å². The number of nitrogens with zero attached hydrogens (tertiary/aromatic N) is 4. The highest BCUT2D eigenvalue weighted by Gasteiger charge is 2.36. The lowest BCUT2D eigenvalue weighted by Gasteiger charge is -2.38. The molecule has 0 saturated carbocycles. The lowest BCUT2D eigenvalue weighted by atomic mass is 10.1. The minimum Gasteiger partial charge on any atom is -0.471 e. The summed E-state index contributed by atoms with van der Waals surface area (Å²) in [6, 6.07) is 3.47. The zero-order valence-electron chi connectivity index (χ0n) is 11.9. The van der Waals surface area contributed by atoms with Crippen molar-refractivity contribution in [3.63, 3.8) is 0 Å². The molecule has 1 aliphatic rings. The minimum absolute atomic E-state index is 0.104. The number of pyridine rings is 1. The molecule has 23 heavy (non-hydrogen) atoms. The molecule has 3 heterocycles. The number of alkyl halides is 3. The molecule has 1 amide bonds. The molecule has 2 aromatic rings. The van der Waals surface area contributed by atoms with E-state index in [-0.39, 0.29) is 31.0 Å². The molecule has 0 unspecified atom stereocenters. The number of ether oxygens (including phenoxy) is 1. The molecule has 122 valence electrons. The number of amides is 1. The minimum atomic E-state index is -4.52. The van der Waals surface area contributed by atoms with Crippen molar-refractivity contribution in [3.8, 4) is 5.88 Å². The van der Waals surface area contributed by atoms with Gasteiger partial charge in [0.25, 0.3) is 5.91 Å². The van der Waals surface area contributed by atoms with Crippen LogP contribution in [0.4, 0.5) is 13.2 Å². The average molecular weight is 344 g/mol. The molecule has 0 radical (unpaired) electrons. The molecule has 1 saturated heterocycles. The Morgan fingerprint density at radius 2 is 2.13 bits per heavy atom. The summed E-state index contributed by atoms with van der Waals surface area (Å²) in [5, 5.41) is 3.77. The first kappa shape index (κ1) is 15.7. The zero-order chi connectivity index (χ0) is 16.6. The van der Waals surface area contributed by atoms with Crippen LogP contribution < -0.4 is 4.74 Å². The number of rotatable bonds is 3. The van der Waals surface area contributed by atoms with Crippen molar-refractivity contribution in [1.29, 1.82) is 0 Å². The quantitative estimate of drug-likeness (QED) is 0.854. The summed E-state index contributed by atoms with van der Waals surface area (Å²) >= 11 is 1.01. The van der Waals surface area contributed by atoms with Gasteiger partial charge in [0.2, 0.25) is 5.88 Å². The first-order chi connectivity index (χ1) is 10.8. The Morgan fingerprint density at radius 3 is 2.74 bits per heavy atom. The second-order valence-corrected chi connectivity index (χ2v) is 5.75. The Hall–Kier alpha value is -2.23. The predicted octanol–water partition coefficient (Wildman–Crippen LogP) is 2.16. The summed E-state index contributed by atoms with van der Waals surface area (Å²) < 4.78 is 46.8. The molecule has 2 aromatic heterocycles. The largest absolute Gasteiger partial charge is 0.471 e. The monoisotopic (exact) mass is 344 g/mol. The van der Waals surface area contributed by atoms with Gasteiger partial charge in [-0.25, -0.2) is 4.98 Å². The second kappa shape index (κ2) is 5.76. The molecule has 3 rings (SSSR count). The lowest BCUT2D eigenvalue weighted by Crippen LogP contribution is -2.56. The standard InChI is InChI=1S/C13H11F3N4O2S/c1-7-11(23-19-18-7)12(21)20-5-8(6-20)22-10-4-2-3-9(17-10)13(14,15)16/h2-4,8H,5-6H2,1H3. The summed E-state index contributed by atoms with van der Waals surface area (Å²) in [6.07, 6.45) is -4.89. The molecule has 1 aliphatic heterocycles. The van der Waals surface area contributed by atoms with Gasteiger partial charge in [-0.2, -0.15) is 13.2 Å².